The van der Waals surface area contributed by atoms with Crippen molar-refractivity contribution in [3.05, 3.63) is 0 Å². The van der Waals surface area contributed by atoms with Crippen LogP contribution in [0, 0.1) is 0 Å². The second kappa shape index (κ2) is 22.8. The van der Waals surface area contributed by atoms with Crippen LogP contribution in [0.3, 0.4) is 0 Å². The molecule has 0 aliphatic heterocycles. The van der Waals surface area contributed by atoms with E-state index in [0.717, 1.165) is 34.5 Å². The van der Waals surface area contributed by atoms with Gasteiger partial charge in [-0.3, -0.25) is 0 Å². The molecule has 2 nitrogen and oxygen atoms in total. The third-order valence-electron chi connectivity index (χ3n) is 1.31. The zero-order valence-corrected chi connectivity index (χ0v) is 14.5. The molecule has 0 rings (SSSR count). The van der Waals surface area contributed by atoms with Crippen molar-refractivity contribution in [3.63, 3.8) is 0 Å². The SMILES string of the molecule is SCCOCCOCCS.SCCSCCS. The van der Waals surface area contributed by atoms with Crippen molar-refractivity contribution in [2.45, 2.75) is 0 Å². The Morgan fingerprint density at radius 1 is 0.588 bits per heavy atom. The normalized spacial score (nSPS) is 9.88. The van der Waals surface area contributed by atoms with E-state index in [1.165, 1.54) is 0 Å². The average Bonchev–Trinajstić information content (AvgIpc) is 2.35. The predicted molar refractivity (Wildman–Crippen MR) is 94.4 cm³/mol. The van der Waals surface area contributed by atoms with E-state index in [4.69, 9.17) is 9.47 Å². The smallest absolute Gasteiger partial charge is 0.0700 e. The largest absolute Gasteiger partial charge is 0.378 e. The van der Waals surface area contributed by atoms with Gasteiger partial charge in [-0.05, 0) is 11.5 Å². The lowest BCUT2D eigenvalue weighted by molar-refractivity contribution is 0.0606. The zero-order chi connectivity index (χ0) is 13.2. The first-order valence-electron chi connectivity index (χ1n) is 5.50. The summed E-state index contributed by atoms with van der Waals surface area (Å²) in [5, 5.41) is 0. The van der Waals surface area contributed by atoms with Crippen molar-refractivity contribution in [2.24, 2.45) is 0 Å². The minimum Gasteiger partial charge on any atom is -0.378 e. The maximum Gasteiger partial charge on any atom is 0.0700 e. The summed E-state index contributed by atoms with van der Waals surface area (Å²) in [7, 11) is 0. The van der Waals surface area contributed by atoms with Crippen LogP contribution in [0.5, 0.6) is 0 Å². The van der Waals surface area contributed by atoms with Gasteiger partial charge in [0.15, 0.2) is 0 Å². The molecule has 0 saturated carbocycles. The zero-order valence-electron chi connectivity index (χ0n) is 10.1. The average molecular weight is 337 g/mol. The molecular formula is C10H24O2S5. The fraction of sp³-hybridized carbons (Fsp3) is 1.00. The summed E-state index contributed by atoms with van der Waals surface area (Å²) in [6.45, 7) is 2.73. The highest BCUT2D eigenvalue weighted by atomic mass is 32.2. The summed E-state index contributed by atoms with van der Waals surface area (Å²) in [6, 6.07) is 0. The van der Waals surface area contributed by atoms with E-state index in [1.54, 1.807) is 0 Å². The van der Waals surface area contributed by atoms with Gasteiger partial charge in [0.1, 0.15) is 0 Å². The molecule has 0 fully saturated rings. The lowest BCUT2D eigenvalue weighted by Crippen LogP contribution is -2.07. The topological polar surface area (TPSA) is 18.5 Å². The molecule has 0 saturated heterocycles. The molecule has 0 amide bonds. The Kier molecular flexibility index (Phi) is 28.2. The van der Waals surface area contributed by atoms with Crippen molar-refractivity contribution in [3.8, 4) is 0 Å². The molecule has 0 aromatic rings. The molecule has 7 heteroatoms. The molecule has 17 heavy (non-hydrogen) atoms. The van der Waals surface area contributed by atoms with E-state index in [1.807, 2.05) is 11.8 Å². The van der Waals surface area contributed by atoms with E-state index < -0.39 is 0 Å². The number of thioether (sulfide) groups is 1. The van der Waals surface area contributed by atoms with Gasteiger partial charge in [-0.1, -0.05) is 0 Å². The minimum absolute atomic E-state index is 0.661. The molecule has 0 radical (unpaired) electrons. The Morgan fingerprint density at radius 3 is 1.29 bits per heavy atom. The predicted octanol–water partition coefficient (Wildman–Crippen LogP) is 2.46. The van der Waals surface area contributed by atoms with Crippen LogP contribution in [0.1, 0.15) is 0 Å². The van der Waals surface area contributed by atoms with Crippen LogP contribution in [0.25, 0.3) is 0 Å². The first kappa shape index (κ1) is 21.0. The van der Waals surface area contributed by atoms with Gasteiger partial charge in [0.25, 0.3) is 0 Å². The Balaban J connectivity index is 0. The third kappa shape index (κ3) is 27.0. The highest BCUT2D eigenvalue weighted by Crippen LogP contribution is 1.99. The lowest BCUT2D eigenvalue weighted by Gasteiger charge is -2.01. The highest BCUT2D eigenvalue weighted by molar-refractivity contribution is 8.00. The summed E-state index contributed by atoms with van der Waals surface area (Å²) >= 11 is 18.0. The maximum absolute atomic E-state index is 5.10. The van der Waals surface area contributed by atoms with Crippen molar-refractivity contribution in [1.29, 1.82) is 0 Å². The molecule has 0 N–H and O–H groups in total. The Morgan fingerprint density at radius 2 is 1.00 bits per heavy atom. The number of hydrogen-bond acceptors (Lipinski definition) is 7. The highest BCUT2D eigenvalue weighted by Gasteiger charge is 1.86. The Hall–Kier alpha value is 1.67. The van der Waals surface area contributed by atoms with Crippen LogP contribution in [0.15, 0.2) is 0 Å². The van der Waals surface area contributed by atoms with E-state index in [2.05, 4.69) is 50.5 Å². The molecule has 0 bridgehead atoms. The summed E-state index contributed by atoms with van der Waals surface area (Å²) in [6.07, 6.45) is 0. The molecule has 0 unspecified atom stereocenters. The molecule has 0 aliphatic rings. The molecule has 0 spiro atoms. The standard InChI is InChI=1S/C6H14O2S2.C4H10S3/c9-5-3-7-1-2-8-4-6-10;5-1-3-7-4-2-6/h9-10H,1-6H2;5-6H,1-4H2. The first-order valence-corrected chi connectivity index (χ1v) is 9.18. The molecule has 0 aromatic carbocycles. The minimum atomic E-state index is 0.661. The number of thiol groups is 4. The first-order chi connectivity index (χ1) is 8.33. The summed E-state index contributed by atoms with van der Waals surface area (Å²) in [5.74, 6) is 5.82. The van der Waals surface area contributed by atoms with Crippen molar-refractivity contribution in [1.82, 2.24) is 0 Å². The maximum atomic E-state index is 5.10. The van der Waals surface area contributed by atoms with Gasteiger partial charge >= 0.3 is 0 Å². The fourth-order valence-electron chi connectivity index (χ4n) is 0.682. The number of rotatable bonds is 11. The second-order valence-electron chi connectivity index (χ2n) is 2.73. The van der Waals surface area contributed by atoms with Crippen molar-refractivity contribution < 1.29 is 9.47 Å². The number of hydrogen-bond donors (Lipinski definition) is 4. The lowest BCUT2D eigenvalue weighted by atomic mass is 10.7. The molecule has 0 atom stereocenters. The van der Waals surface area contributed by atoms with Gasteiger partial charge in [-0.25, -0.2) is 0 Å². The fourth-order valence-corrected chi connectivity index (χ4v) is 2.18. The summed E-state index contributed by atoms with van der Waals surface area (Å²) < 4.78 is 10.2. The van der Waals surface area contributed by atoms with Crippen LogP contribution in [0.2, 0.25) is 0 Å². The molecule has 0 heterocycles. The Bertz CT molecular complexity index is 107. The molecule has 0 aromatic heterocycles. The second-order valence-corrected chi connectivity index (χ2v) is 5.75. The van der Waals surface area contributed by atoms with Gasteiger partial charge < -0.3 is 9.47 Å². The molecular weight excluding hydrogens is 312 g/mol. The monoisotopic (exact) mass is 336 g/mol. The van der Waals surface area contributed by atoms with Gasteiger partial charge in [-0.15, -0.1) is 0 Å². The van der Waals surface area contributed by atoms with Gasteiger partial charge in [0.2, 0.25) is 0 Å². The van der Waals surface area contributed by atoms with Crippen LogP contribution in [0.4, 0.5) is 0 Å². The van der Waals surface area contributed by atoms with Crippen LogP contribution in [-0.4, -0.2) is 60.9 Å². The van der Waals surface area contributed by atoms with Crippen LogP contribution < -0.4 is 0 Å². The third-order valence-corrected chi connectivity index (χ3v) is 3.72. The quantitative estimate of drug-likeness (QED) is 0.343. The number of ether oxygens (including phenoxy) is 2. The summed E-state index contributed by atoms with van der Waals surface area (Å²) in [4.78, 5) is 0. The summed E-state index contributed by atoms with van der Waals surface area (Å²) in [5.41, 5.74) is 0. The van der Waals surface area contributed by atoms with Crippen LogP contribution >= 0.6 is 62.3 Å². The Labute approximate surface area is 132 Å². The van der Waals surface area contributed by atoms with Gasteiger partial charge in [0.05, 0.1) is 26.4 Å². The molecule has 106 valence electrons. The van der Waals surface area contributed by atoms with E-state index in [0.29, 0.717) is 26.4 Å². The van der Waals surface area contributed by atoms with E-state index in [9.17, 15) is 0 Å². The van der Waals surface area contributed by atoms with Gasteiger partial charge in [-0.2, -0.15) is 62.3 Å². The van der Waals surface area contributed by atoms with E-state index >= 15 is 0 Å². The van der Waals surface area contributed by atoms with E-state index in [-0.39, 0.29) is 0 Å². The van der Waals surface area contributed by atoms with Gasteiger partial charge in [0, 0.05) is 23.0 Å². The van der Waals surface area contributed by atoms with Crippen LogP contribution in [-0.2, 0) is 9.47 Å². The molecule has 0 aliphatic carbocycles. The van der Waals surface area contributed by atoms with Crippen molar-refractivity contribution >= 4 is 62.3 Å². The van der Waals surface area contributed by atoms with Crippen molar-refractivity contribution in [2.75, 3.05) is 60.9 Å².